The minimum atomic E-state index is -0.356. The molecular weight excluding hydrogens is 456 g/mol. The van der Waals surface area contributed by atoms with Crippen molar-refractivity contribution in [3.63, 3.8) is 0 Å². The SMILES string of the molecule is CBr.CCCc1ccc2c(c1)CSc1ccccc1C2OC(CO)c1ccccc1. The molecule has 30 heavy (non-hydrogen) atoms. The summed E-state index contributed by atoms with van der Waals surface area (Å²) in [4.78, 5) is 1.26. The Kier molecular flexibility index (Phi) is 9.01. The van der Waals surface area contributed by atoms with Crippen molar-refractivity contribution in [1.29, 1.82) is 0 Å². The quantitative estimate of drug-likeness (QED) is 0.378. The number of benzene rings is 3. The fourth-order valence-corrected chi connectivity index (χ4v) is 4.92. The van der Waals surface area contributed by atoms with E-state index in [0.717, 1.165) is 24.2 Å². The van der Waals surface area contributed by atoms with Crippen LogP contribution in [-0.2, 0) is 16.9 Å². The van der Waals surface area contributed by atoms with Gasteiger partial charge in [0.1, 0.15) is 12.2 Å². The Morgan fingerprint density at radius 1 is 1.00 bits per heavy atom. The normalized spacial score (nSPS) is 15.8. The van der Waals surface area contributed by atoms with Crippen LogP contribution in [0.1, 0.15) is 53.4 Å². The Balaban J connectivity index is 0.00000124. The molecule has 4 heteroatoms. The van der Waals surface area contributed by atoms with Crippen LogP contribution in [0.15, 0.2) is 77.7 Å². The highest BCUT2D eigenvalue weighted by Gasteiger charge is 2.28. The van der Waals surface area contributed by atoms with Gasteiger partial charge in [-0.05, 0) is 46.1 Å². The third kappa shape index (κ3) is 5.36. The van der Waals surface area contributed by atoms with Crippen molar-refractivity contribution in [2.24, 2.45) is 0 Å². The lowest BCUT2D eigenvalue weighted by molar-refractivity contribution is -0.0260. The Morgan fingerprint density at radius 3 is 2.47 bits per heavy atom. The lowest BCUT2D eigenvalue weighted by Crippen LogP contribution is -2.16. The predicted octanol–water partition coefficient (Wildman–Crippen LogP) is 7.10. The lowest BCUT2D eigenvalue weighted by Gasteiger charge is -2.26. The summed E-state index contributed by atoms with van der Waals surface area (Å²) in [7, 11) is 0. The molecular formula is C26H29BrO2S. The Bertz CT molecular complexity index is 929. The van der Waals surface area contributed by atoms with Gasteiger partial charge in [0.05, 0.1) is 6.61 Å². The maximum atomic E-state index is 10.1. The number of thioether (sulfide) groups is 1. The molecule has 0 radical (unpaired) electrons. The van der Waals surface area contributed by atoms with Crippen molar-refractivity contribution in [3.8, 4) is 0 Å². The molecule has 0 aliphatic carbocycles. The molecule has 0 aromatic heterocycles. The third-order valence-electron chi connectivity index (χ3n) is 5.25. The van der Waals surface area contributed by atoms with Gasteiger partial charge in [-0.15, -0.1) is 11.8 Å². The average molecular weight is 485 g/mol. The monoisotopic (exact) mass is 484 g/mol. The molecule has 158 valence electrons. The average Bonchev–Trinajstić information content (AvgIpc) is 2.96. The Labute approximate surface area is 192 Å². The topological polar surface area (TPSA) is 29.5 Å². The minimum absolute atomic E-state index is 0.0426. The number of fused-ring (bicyclic) bond motifs is 2. The molecule has 0 bridgehead atoms. The fraction of sp³-hybridized carbons (Fsp3) is 0.308. The molecule has 0 saturated carbocycles. The first-order valence-corrected chi connectivity index (χ1v) is 12.9. The van der Waals surface area contributed by atoms with E-state index >= 15 is 0 Å². The molecule has 0 amide bonds. The van der Waals surface area contributed by atoms with Gasteiger partial charge >= 0.3 is 0 Å². The lowest BCUT2D eigenvalue weighted by atomic mass is 9.94. The first-order chi connectivity index (χ1) is 14.8. The second-order valence-electron chi connectivity index (χ2n) is 7.21. The minimum Gasteiger partial charge on any atom is -0.393 e. The van der Waals surface area contributed by atoms with Gasteiger partial charge in [0.25, 0.3) is 0 Å². The summed E-state index contributed by atoms with van der Waals surface area (Å²) >= 11 is 4.81. The highest BCUT2D eigenvalue weighted by Crippen LogP contribution is 2.43. The zero-order chi connectivity index (χ0) is 21.3. The van der Waals surface area contributed by atoms with Crippen LogP contribution >= 0.6 is 27.7 Å². The highest BCUT2D eigenvalue weighted by atomic mass is 79.9. The summed E-state index contributed by atoms with van der Waals surface area (Å²) in [5.74, 6) is 2.76. The molecule has 1 N–H and O–H groups in total. The first kappa shape index (κ1) is 23.1. The maximum Gasteiger partial charge on any atom is 0.110 e. The van der Waals surface area contributed by atoms with E-state index in [1.165, 1.54) is 27.1 Å². The van der Waals surface area contributed by atoms with Crippen molar-refractivity contribution < 1.29 is 9.84 Å². The molecule has 1 heterocycles. The predicted molar refractivity (Wildman–Crippen MR) is 130 cm³/mol. The van der Waals surface area contributed by atoms with Gasteiger partial charge in [0.2, 0.25) is 0 Å². The van der Waals surface area contributed by atoms with Crippen LogP contribution < -0.4 is 0 Å². The van der Waals surface area contributed by atoms with E-state index in [2.05, 4.69) is 65.3 Å². The van der Waals surface area contributed by atoms with Gasteiger partial charge in [-0.3, -0.25) is 0 Å². The van der Waals surface area contributed by atoms with Gasteiger partial charge in [-0.1, -0.05) is 96.0 Å². The third-order valence-corrected chi connectivity index (χ3v) is 6.39. The van der Waals surface area contributed by atoms with Crippen molar-refractivity contribution in [3.05, 3.63) is 101 Å². The number of aliphatic hydroxyl groups is 1. The summed E-state index contributed by atoms with van der Waals surface area (Å²) in [6.45, 7) is 2.17. The van der Waals surface area contributed by atoms with Crippen molar-refractivity contribution in [2.45, 2.75) is 42.6 Å². The van der Waals surface area contributed by atoms with Crippen molar-refractivity contribution in [1.82, 2.24) is 0 Å². The number of aryl methyl sites for hydroxylation is 1. The summed E-state index contributed by atoms with van der Waals surface area (Å²) in [5.41, 5.74) is 6.12. The van der Waals surface area contributed by atoms with Crippen LogP contribution in [0.5, 0.6) is 0 Å². The second-order valence-corrected chi connectivity index (χ2v) is 8.22. The van der Waals surface area contributed by atoms with Gasteiger partial charge < -0.3 is 9.84 Å². The van der Waals surface area contributed by atoms with Crippen LogP contribution in [0, 0.1) is 0 Å². The molecule has 1 aliphatic rings. The number of aliphatic hydroxyl groups excluding tert-OH is 1. The molecule has 0 fully saturated rings. The summed E-state index contributed by atoms with van der Waals surface area (Å²) < 4.78 is 6.60. The fourth-order valence-electron chi connectivity index (χ4n) is 3.84. The van der Waals surface area contributed by atoms with Gasteiger partial charge in [0, 0.05) is 10.6 Å². The Hall–Kier alpha value is -1.59. The van der Waals surface area contributed by atoms with Crippen LogP contribution in [0.2, 0.25) is 0 Å². The first-order valence-electron chi connectivity index (χ1n) is 10.3. The van der Waals surface area contributed by atoms with Crippen LogP contribution in [0.3, 0.4) is 0 Å². The van der Waals surface area contributed by atoms with Gasteiger partial charge in [0.15, 0.2) is 0 Å². The molecule has 3 aromatic rings. The van der Waals surface area contributed by atoms with E-state index in [1.54, 1.807) is 0 Å². The van der Waals surface area contributed by atoms with E-state index in [9.17, 15) is 5.11 Å². The number of alkyl halides is 1. The van der Waals surface area contributed by atoms with Crippen molar-refractivity contribution in [2.75, 3.05) is 12.4 Å². The number of hydrogen-bond acceptors (Lipinski definition) is 3. The van der Waals surface area contributed by atoms with E-state index < -0.39 is 0 Å². The maximum absolute atomic E-state index is 10.1. The van der Waals surface area contributed by atoms with Crippen molar-refractivity contribution >= 4 is 27.7 Å². The Morgan fingerprint density at radius 2 is 1.73 bits per heavy atom. The smallest absolute Gasteiger partial charge is 0.110 e. The molecule has 3 aromatic carbocycles. The molecule has 0 spiro atoms. The number of ether oxygens (including phenoxy) is 1. The standard InChI is InChI=1S/C25H26O2S.CH3Br/c1-2-8-18-13-14-21-20(15-18)17-28-24-12-7-6-11-22(24)25(21)27-23(16-26)19-9-4-3-5-10-19;1-2/h3-7,9-15,23,25-26H,2,8,16-17H2,1H3;1H3. The number of hydrogen-bond donors (Lipinski definition) is 1. The van der Waals surface area contributed by atoms with Gasteiger partial charge in [-0.25, -0.2) is 0 Å². The zero-order valence-electron chi connectivity index (χ0n) is 17.6. The highest BCUT2D eigenvalue weighted by molar-refractivity contribution is 9.08. The second kappa shape index (κ2) is 11.7. The van der Waals surface area contributed by atoms with E-state index in [4.69, 9.17) is 4.74 Å². The van der Waals surface area contributed by atoms with E-state index in [0.29, 0.717) is 0 Å². The molecule has 2 nitrogen and oxygen atoms in total. The van der Waals surface area contributed by atoms with E-state index in [1.807, 2.05) is 47.9 Å². The summed E-state index contributed by atoms with van der Waals surface area (Å²) in [6, 6.07) is 25.3. The molecule has 2 atom stereocenters. The molecule has 4 rings (SSSR count). The van der Waals surface area contributed by atoms with Crippen LogP contribution in [0.4, 0.5) is 0 Å². The molecule has 2 unspecified atom stereocenters. The zero-order valence-corrected chi connectivity index (χ0v) is 20.0. The molecule has 0 saturated heterocycles. The van der Waals surface area contributed by atoms with Gasteiger partial charge in [-0.2, -0.15) is 0 Å². The van der Waals surface area contributed by atoms with Crippen LogP contribution in [0.25, 0.3) is 0 Å². The number of rotatable bonds is 6. The summed E-state index contributed by atoms with van der Waals surface area (Å²) in [6.07, 6.45) is 1.70. The summed E-state index contributed by atoms with van der Waals surface area (Å²) in [5, 5.41) is 10.1. The molecule has 1 aliphatic heterocycles. The van der Waals surface area contributed by atoms with Crippen LogP contribution in [-0.4, -0.2) is 17.5 Å². The van der Waals surface area contributed by atoms with E-state index in [-0.39, 0.29) is 18.8 Å². The largest absolute Gasteiger partial charge is 0.393 e. The number of halogens is 1.